The first-order valence-electron chi connectivity index (χ1n) is 8.78. The van der Waals surface area contributed by atoms with E-state index in [1.807, 2.05) is 0 Å². The van der Waals surface area contributed by atoms with Crippen molar-refractivity contribution in [3.8, 4) is 0 Å². The van der Waals surface area contributed by atoms with Gasteiger partial charge in [0.25, 0.3) is 0 Å². The molecule has 0 aromatic heterocycles. The van der Waals surface area contributed by atoms with Gasteiger partial charge in [-0.15, -0.1) is 0 Å². The zero-order chi connectivity index (χ0) is 43.0. The monoisotopic (exact) mass is 1980 g/mol. The predicted octanol–water partition coefficient (Wildman–Crippen LogP) is -7.63. The van der Waals surface area contributed by atoms with Gasteiger partial charge in [0.2, 0.25) is 0 Å². The quantitative estimate of drug-likeness (QED) is 0.0597. The molecule has 0 heterocycles. The van der Waals surface area contributed by atoms with E-state index in [0.717, 1.165) is 0 Å². The minimum Gasteiger partial charge on any atom is 1.00 e. The molecule has 0 rings (SSSR count). The van der Waals surface area contributed by atoms with Gasteiger partial charge in [0.05, 0.1) is 0 Å². The molecule has 320 valence electrons. The molecule has 0 spiro atoms. The summed E-state index contributed by atoms with van der Waals surface area (Å²) in [5.74, 6) is 0. The van der Waals surface area contributed by atoms with Crippen molar-refractivity contribution in [3.05, 3.63) is 0 Å². The third-order valence-corrected chi connectivity index (χ3v) is 62.5. The van der Waals surface area contributed by atoms with Crippen molar-refractivity contribution in [2.45, 2.75) is 0 Å². The Balaban J connectivity index is 0. The van der Waals surface area contributed by atoms with Gasteiger partial charge >= 0.3 is 403 Å². The summed E-state index contributed by atoms with van der Waals surface area (Å²) in [6, 6.07) is 0. The summed E-state index contributed by atoms with van der Waals surface area (Å²) in [4.78, 5) is 0. The molecule has 0 bridgehead atoms. The second-order valence-corrected chi connectivity index (χ2v) is 56.1. The van der Waals surface area contributed by atoms with E-state index in [1.54, 1.807) is 0 Å². The van der Waals surface area contributed by atoms with E-state index < -0.39 is 209 Å². The average molecular weight is 1960 g/mol. The second-order valence-electron chi connectivity index (χ2n) is 6.24. The molecular formula is H3CsMo12O40P+. The second kappa shape index (κ2) is 21.0. The van der Waals surface area contributed by atoms with Crippen LogP contribution in [0.4, 0.5) is 0 Å². The van der Waals surface area contributed by atoms with E-state index in [0.29, 0.717) is 0 Å². The van der Waals surface area contributed by atoms with Crippen LogP contribution in [0, 0.1) is 0 Å². The zero-order valence-electron chi connectivity index (χ0n) is 22.8. The third-order valence-electron chi connectivity index (χ3n) is 2.06. The van der Waals surface area contributed by atoms with Crippen molar-refractivity contribution < 1.29 is 395 Å². The molecule has 3 N–H and O–H groups in total. The van der Waals surface area contributed by atoms with Crippen LogP contribution in [0.5, 0.6) is 0 Å². The fraction of sp³-hybridized carbons (Fsp3) is 0. The Morgan fingerprint density at radius 3 is 0.537 bits per heavy atom. The first kappa shape index (κ1) is 61.2. The summed E-state index contributed by atoms with van der Waals surface area (Å²) in [5.41, 5.74) is 0. The first-order valence-corrected chi connectivity index (χ1v) is 49.8. The van der Waals surface area contributed by atoms with E-state index in [2.05, 4.69) is 27.9 Å². The summed E-state index contributed by atoms with van der Waals surface area (Å²) in [5, 5.41) is 0. The Labute approximate surface area is 393 Å². The fourth-order valence-corrected chi connectivity index (χ4v) is 60.4. The van der Waals surface area contributed by atoms with Crippen molar-refractivity contribution in [1.82, 2.24) is 0 Å². The normalized spacial score (nSPS) is 15.3. The van der Waals surface area contributed by atoms with Gasteiger partial charge in [0, 0.05) is 0 Å². The van der Waals surface area contributed by atoms with Crippen molar-refractivity contribution in [1.29, 1.82) is 0 Å². The summed E-state index contributed by atoms with van der Waals surface area (Å²) >= 11 is -97.4. The molecule has 0 radical (unpaired) electrons. The molecule has 0 aliphatic heterocycles. The Morgan fingerprint density at radius 1 is 0.259 bits per heavy atom. The van der Waals surface area contributed by atoms with Crippen molar-refractivity contribution in [2.24, 2.45) is 0 Å². The molecule has 0 saturated heterocycles. The van der Waals surface area contributed by atoms with E-state index >= 15 is 0 Å². The number of hydrogen-bond acceptors (Lipinski definition) is 37. The minimum absolute atomic E-state index is 0. The van der Waals surface area contributed by atoms with Gasteiger partial charge in [-0.25, -0.2) is 0 Å². The average Bonchev–Trinajstić information content (AvgIpc) is 2.58. The van der Waals surface area contributed by atoms with Gasteiger partial charge in [0.15, 0.2) is 0 Å². The number of phosphoric acid groups is 1. The first-order chi connectivity index (χ1) is 22.5. The van der Waals surface area contributed by atoms with E-state index in [1.165, 1.54) is 0 Å². The smallest absolute Gasteiger partial charge is 1.00 e. The SMILES string of the molecule is O=P([O][Mo](=[O])(=[O])[O][Mo](=[O])(=[O])[O][Mo](=[O])(=[O])[O][Mo](=[O])(=[O])[OH])([O][Mo](=[O])(=[O])[O][Mo](=[O])(=[O])[O][Mo](=[O])(=[O])[O][Mo](=[O])(=[O])[OH])[O][Mo](=[O])(=[O])[O][Mo](=[O])(=[O])[O][Mo](=[O])(=[O])[O][Mo](=[O])(=[O])[OH].[Cs+]. The van der Waals surface area contributed by atoms with Gasteiger partial charge in [-0.1, -0.05) is 0 Å². The van der Waals surface area contributed by atoms with Gasteiger partial charge in [0.1, 0.15) is 0 Å². The van der Waals surface area contributed by atoms with E-state index in [-0.39, 0.29) is 68.9 Å². The van der Waals surface area contributed by atoms with Crippen molar-refractivity contribution in [2.75, 3.05) is 0 Å². The summed E-state index contributed by atoms with van der Waals surface area (Å²) < 4.78 is 347. The molecule has 0 fully saturated rings. The number of rotatable bonds is 24. The van der Waals surface area contributed by atoms with Crippen LogP contribution < -0.4 is 68.9 Å². The molecule has 0 aliphatic rings. The summed E-state index contributed by atoms with van der Waals surface area (Å²) in [7, 11) is -7.91. The molecule has 0 aliphatic carbocycles. The van der Waals surface area contributed by atoms with Crippen molar-refractivity contribution >= 4 is 7.82 Å². The Bertz CT molecular complexity index is 2510. The molecule has 0 aromatic carbocycles. The predicted molar refractivity (Wildman–Crippen MR) is 43.8 cm³/mol. The molecule has 54 heteroatoms. The molecular weight excluding hydrogens is 1960 g/mol. The molecule has 0 atom stereocenters. The standard InChI is InChI=1S/Cs.12Mo.H3O4P.3H2O.33O/c;;;;;;;;;;;;;1-5(2,3)4;;;;;;;;;;;;;;;;;;;;;;;;;;;;;;;;;;;;/h;;;;;;;;;;;;;(H3,1,2,3,4);3*1H2;;;;;;;;;;;;;;;;;;;;;;;;;;;;;;;;;/q+1;;;;;;;6*+1;;;;;;;;;;;;;;;;;;;;;;;;;;;;;;;;;;;;;/p-6. The topological polar surface area (TPSA) is 598 Å². The largest absolute Gasteiger partial charge is 1.00 e. The maximum Gasteiger partial charge on any atom is 1.00 e. The maximum absolute atomic E-state index is 12.8. The van der Waals surface area contributed by atoms with Crippen LogP contribution in [0.2, 0.25) is 0 Å². The van der Waals surface area contributed by atoms with Gasteiger partial charge < -0.3 is 0 Å². The van der Waals surface area contributed by atoms with E-state index in [4.69, 9.17) is 11.3 Å². The van der Waals surface area contributed by atoms with Crippen LogP contribution >= 0.6 is 7.82 Å². The van der Waals surface area contributed by atoms with Crippen LogP contribution in [-0.2, 0) is 315 Å². The van der Waals surface area contributed by atoms with Crippen LogP contribution in [0.25, 0.3) is 0 Å². The number of hydrogen-bond donors (Lipinski definition) is 3. The third kappa shape index (κ3) is 30.3. The fourth-order valence-electron chi connectivity index (χ4n) is 1.41. The van der Waals surface area contributed by atoms with Crippen LogP contribution in [0.3, 0.4) is 0 Å². The van der Waals surface area contributed by atoms with Crippen LogP contribution in [-0.4, -0.2) is 11.3 Å². The zero-order valence-corrected chi connectivity index (χ0v) is 54.1. The summed E-state index contributed by atoms with van der Waals surface area (Å²) in [6.07, 6.45) is 0. The molecule has 0 saturated carbocycles. The van der Waals surface area contributed by atoms with Crippen molar-refractivity contribution in [3.63, 3.8) is 0 Å². The summed E-state index contributed by atoms with van der Waals surface area (Å²) in [6.45, 7) is 0. The minimum atomic E-state index is -8.79. The van der Waals surface area contributed by atoms with Gasteiger partial charge in [-0.05, 0) is 0 Å². The Morgan fingerprint density at radius 2 is 0.389 bits per heavy atom. The van der Waals surface area contributed by atoms with Gasteiger partial charge in [-0.3, -0.25) is 0 Å². The maximum atomic E-state index is 12.8. The molecule has 54 heavy (non-hydrogen) atoms. The molecule has 0 unspecified atom stereocenters. The Kier molecular flexibility index (Phi) is 23.8. The Hall–Kier alpha value is 5.14. The van der Waals surface area contributed by atoms with Gasteiger partial charge in [-0.2, -0.15) is 0 Å². The molecule has 0 amide bonds. The van der Waals surface area contributed by atoms with E-state index in [9.17, 15) is 86.1 Å². The van der Waals surface area contributed by atoms with Crippen LogP contribution in [0.1, 0.15) is 0 Å². The molecule has 0 aromatic rings. The van der Waals surface area contributed by atoms with Crippen LogP contribution in [0.15, 0.2) is 0 Å². The molecule has 40 nitrogen and oxygen atoms in total.